The van der Waals surface area contributed by atoms with Gasteiger partial charge in [0.25, 0.3) is 0 Å². The Hall–Kier alpha value is -0.650. The maximum Gasteiger partial charge on any atom is 0.241 e. The highest BCUT2D eigenvalue weighted by atomic mass is 35.5. The summed E-state index contributed by atoms with van der Waals surface area (Å²) in [4.78, 5) is 0.177. The number of alkyl halides is 1. The number of hydrogen-bond acceptors (Lipinski definition) is 2. The first-order valence-electron chi connectivity index (χ1n) is 6.20. The number of halogens is 2. The van der Waals surface area contributed by atoms with Gasteiger partial charge in [-0.2, -0.15) is 0 Å². The van der Waals surface area contributed by atoms with E-state index in [-0.39, 0.29) is 10.3 Å². The third-order valence-corrected chi connectivity index (χ3v) is 5.52. The average molecular weight is 306 g/mol. The van der Waals surface area contributed by atoms with Crippen molar-refractivity contribution in [3.63, 3.8) is 0 Å². The number of hydrogen-bond donors (Lipinski definition) is 1. The monoisotopic (exact) mass is 305 g/mol. The fourth-order valence-electron chi connectivity index (χ4n) is 2.44. The van der Waals surface area contributed by atoms with Gasteiger partial charge in [0.05, 0.1) is 4.90 Å². The van der Waals surface area contributed by atoms with Crippen molar-refractivity contribution in [2.45, 2.75) is 37.0 Å². The smallest absolute Gasteiger partial charge is 0.211 e. The zero-order valence-corrected chi connectivity index (χ0v) is 12.5. The standard InChI is InChI=1S/C13H17ClFNO2S/c1-8-3-12(15)4-9(2)13(8)19(17,18)16-7-10-5-11(14)6-10/h3-4,10-11,16H,5-7H2,1-2H3. The molecule has 106 valence electrons. The van der Waals surface area contributed by atoms with Crippen LogP contribution in [0.2, 0.25) is 0 Å². The van der Waals surface area contributed by atoms with E-state index >= 15 is 0 Å². The second-order valence-electron chi connectivity index (χ2n) is 5.16. The van der Waals surface area contributed by atoms with Crippen LogP contribution >= 0.6 is 11.6 Å². The molecule has 0 heterocycles. The van der Waals surface area contributed by atoms with Gasteiger partial charge in [0, 0.05) is 11.9 Å². The Morgan fingerprint density at radius 3 is 2.32 bits per heavy atom. The van der Waals surface area contributed by atoms with Crippen LogP contribution in [0, 0.1) is 25.6 Å². The Balaban J connectivity index is 2.15. The molecule has 1 N–H and O–H groups in total. The number of nitrogens with one attached hydrogen (secondary N) is 1. The third kappa shape index (κ3) is 3.27. The Bertz CT molecular complexity index is 559. The molecule has 1 fully saturated rings. The summed E-state index contributed by atoms with van der Waals surface area (Å²) in [5.41, 5.74) is 0.850. The first-order valence-corrected chi connectivity index (χ1v) is 8.12. The van der Waals surface area contributed by atoms with Crippen molar-refractivity contribution in [1.29, 1.82) is 0 Å². The summed E-state index contributed by atoms with van der Waals surface area (Å²) in [6.07, 6.45) is 1.68. The van der Waals surface area contributed by atoms with Gasteiger partial charge >= 0.3 is 0 Å². The molecule has 1 aromatic carbocycles. The third-order valence-electron chi connectivity index (χ3n) is 3.43. The summed E-state index contributed by atoms with van der Waals surface area (Å²) >= 11 is 5.86. The zero-order chi connectivity index (χ0) is 14.2. The minimum absolute atomic E-state index is 0.170. The van der Waals surface area contributed by atoms with Crippen LogP contribution in [0.1, 0.15) is 24.0 Å². The van der Waals surface area contributed by atoms with Crippen LogP contribution < -0.4 is 4.72 Å². The minimum Gasteiger partial charge on any atom is -0.211 e. The van der Waals surface area contributed by atoms with Crippen LogP contribution in [0.25, 0.3) is 0 Å². The first-order chi connectivity index (χ1) is 8.79. The second kappa shape index (κ2) is 5.38. The van der Waals surface area contributed by atoms with Crippen molar-refractivity contribution in [3.8, 4) is 0 Å². The van der Waals surface area contributed by atoms with Gasteiger partial charge in [-0.3, -0.25) is 0 Å². The Morgan fingerprint density at radius 1 is 1.32 bits per heavy atom. The maximum absolute atomic E-state index is 13.2. The molecular formula is C13H17ClFNO2S. The van der Waals surface area contributed by atoms with Crippen LogP contribution in [-0.4, -0.2) is 20.3 Å². The summed E-state index contributed by atoms with van der Waals surface area (Å²) in [5, 5.41) is 0.170. The largest absolute Gasteiger partial charge is 0.241 e. The molecule has 6 heteroatoms. The molecule has 0 amide bonds. The molecule has 1 aromatic rings. The first kappa shape index (κ1) is 14.8. The van der Waals surface area contributed by atoms with Crippen molar-refractivity contribution in [2.24, 2.45) is 5.92 Å². The molecule has 0 unspecified atom stereocenters. The molecule has 1 aliphatic rings. The van der Waals surface area contributed by atoms with Crippen molar-refractivity contribution in [1.82, 2.24) is 4.72 Å². The van der Waals surface area contributed by atoms with E-state index in [0.29, 0.717) is 23.6 Å². The fraction of sp³-hybridized carbons (Fsp3) is 0.538. The maximum atomic E-state index is 13.2. The minimum atomic E-state index is -3.59. The van der Waals surface area contributed by atoms with Crippen molar-refractivity contribution in [3.05, 3.63) is 29.1 Å². The molecule has 0 bridgehead atoms. The summed E-state index contributed by atoms with van der Waals surface area (Å²) in [7, 11) is -3.59. The predicted molar refractivity (Wildman–Crippen MR) is 73.4 cm³/mol. The quantitative estimate of drug-likeness (QED) is 0.869. The highest BCUT2D eigenvalue weighted by Crippen LogP contribution is 2.31. The molecule has 0 aliphatic heterocycles. The number of sulfonamides is 1. The van der Waals surface area contributed by atoms with Gasteiger partial charge in [0.15, 0.2) is 0 Å². The molecule has 1 aliphatic carbocycles. The van der Waals surface area contributed by atoms with Crippen LogP contribution in [0.3, 0.4) is 0 Å². The number of benzene rings is 1. The molecule has 2 rings (SSSR count). The van der Waals surface area contributed by atoms with Gasteiger partial charge in [0.1, 0.15) is 5.82 Å². The molecule has 0 spiro atoms. The molecule has 0 atom stereocenters. The lowest BCUT2D eigenvalue weighted by Crippen LogP contribution is -2.36. The summed E-state index contributed by atoms with van der Waals surface area (Å²) < 4.78 is 40.3. The van der Waals surface area contributed by atoms with Gasteiger partial charge in [-0.15, -0.1) is 11.6 Å². The number of rotatable bonds is 4. The van der Waals surface area contributed by atoms with Gasteiger partial charge in [0.2, 0.25) is 10.0 Å². The Labute approximate surface area is 118 Å². The molecule has 3 nitrogen and oxygen atoms in total. The van der Waals surface area contributed by atoms with Crippen LogP contribution in [0.5, 0.6) is 0 Å². The van der Waals surface area contributed by atoms with Crippen molar-refractivity contribution >= 4 is 21.6 Å². The molecule has 0 saturated heterocycles. The van der Waals surface area contributed by atoms with E-state index in [4.69, 9.17) is 11.6 Å². The van der Waals surface area contributed by atoms with Crippen LogP contribution in [0.15, 0.2) is 17.0 Å². The zero-order valence-electron chi connectivity index (χ0n) is 10.9. The average Bonchev–Trinajstić information content (AvgIpc) is 2.20. The lowest BCUT2D eigenvalue weighted by atomic mass is 9.85. The lowest BCUT2D eigenvalue weighted by molar-refractivity contribution is 0.324. The highest BCUT2D eigenvalue weighted by Gasteiger charge is 2.29. The normalized spacial score (nSPS) is 23.2. The Morgan fingerprint density at radius 2 is 1.84 bits per heavy atom. The fourth-order valence-corrected chi connectivity index (χ4v) is 4.51. The van der Waals surface area contributed by atoms with Gasteiger partial charge in [-0.25, -0.2) is 17.5 Å². The van der Waals surface area contributed by atoms with Crippen LogP contribution in [0.4, 0.5) is 4.39 Å². The lowest BCUT2D eigenvalue weighted by Gasteiger charge is -2.30. The molecular weight excluding hydrogens is 289 g/mol. The van der Waals surface area contributed by atoms with Gasteiger partial charge in [-0.1, -0.05) is 0 Å². The summed E-state index contributed by atoms with van der Waals surface area (Å²) in [6.45, 7) is 3.59. The van der Waals surface area contributed by atoms with E-state index < -0.39 is 15.8 Å². The number of aryl methyl sites for hydroxylation is 2. The van der Waals surface area contributed by atoms with E-state index in [1.54, 1.807) is 13.8 Å². The molecule has 1 saturated carbocycles. The summed E-state index contributed by atoms with van der Waals surface area (Å²) in [6, 6.07) is 2.47. The topological polar surface area (TPSA) is 46.2 Å². The second-order valence-corrected chi connectivity index (χ2v) is 7.48. The molecule has 19 heavy (non-hydrogen) atoms. The van der Waals surface area contributed by atoms with E-state index in [1.807, 2.05) is 0 Å². The Kier molecular flexibility index (Phi) is 4.18. The van der Waals surface area contributed by atoms with E-state index in [0.717, 1.165) is 12.8 Å². The molecule has 0 aromatic heterocycles. The molecule has 0 radical (unpaired) electrons. The van der Waals surface area contributed by atoms with E-state index in [1.165, 1.54) is 12.1 Å². The van der Waals surface area contributed by atoms with E-state index in [2.05, 4.69) is 4.72 Å². The predicted octanol–water partition coefficient (Wildman–Crippen LogP) is 2.74. The van der Waals surface area contributed by atoms with Gasteiger partial charge < -0.3 is 0 Å². The SMILES string of the molecule is Cc1cc(F)cc(C)c1S(=O)(=O)NCC1CC(Cl)C1. The van der Waals surface area contributed by atoms with Gasteiger partial charge in [-0.05, 0) is 55.9 Å². The van der Waals surface area contributed by atoms with Crippen molar-refractivity contribution < 1.29 is 12.8 Å². The van der Waals surface area contributed by atoms with Crippen LogP contribution in [-0.2, 0) is 10.0 Å². The summed E-state index contributed by atoms with van der Waals surface area (Å²) in [5.74, 6) is -0.115. The highest BCUT2D eigenvalue weighted by molar-refractivity contribution is 7.89. The van der Waals surface area contributed by atoms with Crippen molar-refractivity contribution in [2.75, 3.05) is 6.54 Å². The van der Waals surface area contributed by atoms with E-state index in [9.17, 15) is 12.8 Å².